The Morgan fingerprint density at radius 1 is 1.04 bits per heavy atom. The van der Waals surface area contributed by atoms with Crippen LogP contribution in [-0.2, 0) is 6.54 Å². The van der Waals surface area contributed by atoms with Gasteiger partial charge in [-0.25, -0.2) is 4.98 Å². The van der Waals surface area contributed by atoms with Gasteiger partial charge in [-0.3, -0.25) is 0 Å². The second-order valence-corrected chi connectivity index (χ2v) is 5.02. The van der Waals surface area contributed by atoms with Gasteiger partial charge >= 0.3 is 0 Å². The van der Waals surface area contributed by atoms with Gasteiger partial charge in [-0.05, 0) is 24.3 Å². The van der Waals surface area contributed by atoms with Gasteiger partial charge in [0.15, 0.2) is 0 Å². The summed E-state index contributed by atoms with van der Waals surface area (Å²) in [5.41, 5.74) is 2.67. The van der Waals surface area contributed by atoms with Gasteiger partial charge in [0.1, 0.15) is 22.9 Å². The van der Waals surface area contributed by atoms with E-state index in [9.17, 15) is 0 Å². The Morgan fingerprint density at radius 3 is 2.39 bits per heavy atom. The normalized spacial score (nSPS) is 10.5. The fourth-order valence-corrected chi connectivity index (χ4v) is 2.73. The highest BCUT2D eigenvalue weighted by atomic mass is 16.5. The first kappa shape index (κ1) is 14.9. The van der Waals surface area contributed by atoms with Crippen LogP contribution < -0.4 is 9.47 Å². The standard InChI is InChI=1S/C18H17N3O2/c1-22-15-9-5-10-16(23-2)17(15)18-20-13-7-3-4-8-14(13)21(18)12-6-11-19/h3-5,7-10H,6,12H2,1-2H3. The molecule has 116 valence electrons. The molecular weight excluding hydrogens is 290 g/mol. The van der Waals surface area contributed by atoms with E-state index in [1.807, 2.05) is 47.0 Å². The van der Waals surface area contributed by atoms with Gasteiger partial charge in [0.25, 0.3) is 0 Å². The molecule has 5 heteroatoms. The zero-order chi connectivity index (χ0) is 16.2. The number of nitriles is 1. The van der Waals surface area contributed by atoms with Gasteiger partial charge < -0.3 is 14.0 Å². The fourth-order valence-electron chi connectivity index (χ4n) is 2.73. The molecule has 0 aliphatic carbocycles. The van der Waals surface area contributed by atoms with Crippen molar-refractivity contribution in [2.45, 2.75) is 13.0 Å². The van der Waals surface area contributed by atoms with Gasteiger partial charge in [-0.15, -0.1) is 0 Å². The number of rotatable bonds is 5. The highest BCUT2D eigenvalue weighted by molar-refractivity contribution is 5.84. The molecule has 0 bridgehead atoms. The summed E-state index contributed by atoms with van der Waals surface area (Å²) in [7, 11) is 3.25. The van der Waals surface area contributed by atoms with Gasteiger partial charge in [-0.1, -0.05) is 18.2 Å². The largest absolute Gasteiger partial charge is 0.496 e. The van der Waals surface area contributed by atoms with Crippen LogP contribution in [0.4, 0.5) is 0 Å². The van der Waals surface area contributed by atoms with Crippen molar-refractivity contribution in [2.24, 2.45) is 0 Å². The molecule has 0 N–H and O–H groups in total. The molecule has 0 atom stereocenters. The smallest absolute Gasteiger partial charge is 0.148 e. The first-order valence-electron chi connectivity index (χ1n) is 7.33. The molecule has 0 aliphatic heterocycles. The van der Waals surface area contributed by atoms with Crippen LogP contribution in [0.2, 0.25) is 0 Å². The van der Waals surface area contributed by atoms with Crippen molar-refractivity contribution >= 4 is 11.0 Å². The summed E-state index contributed by atoms with van der Waals surface area (Å²) in [6, 6.07) is 15.7. The number of imidazole rings is 1. The first-order valence-corrected chi connectivity index (χ1v) is 7.33. The van der Waals surface area contributed by atoms with E-state index >= 15 is 0 Å². The van der Waals surface area contributed by atoms with Gasteiger partial charge in [0.05, 0.1) is 37.7 Å². The van der Waals surface area contributed by atoms with E-state index in [0.717, 1.165) is 22.4 Å². The van der Waals surface area contributed by atoms with E-state index in [1.54, 1.807) is 14.2 Å². The summed E-state index contributed by atoms with van der Waals surface area (Å²) in [5, 5.41) is 8.97. The number of aromatic nitrogens is 2. The number of hydrogen-bond donors (Lipinski definition) is 0. The third-order valence-electron chi connectivity index (χ3n) is 3.75. The monoisotopic (exact) mass is 307 g/mol. The van der Waals surface area contributed by atoms with Crippen molar-refractivity contribution in [3.63, 3.8) is 0 Å². The molecule has 0 saturated carbocycles. The lowest BCUT2D eigenvalue weighted by Crippen LogP contribution is -2.03. The van der Waals surface area contributed by atoms with Crippen LogP contribution in [-0.4, -0.2) is 23.8 Å². The predicted molar refractivity (Wildman–Crippen MR) is 88.5 cm³/mol. The number of ether oxygens (including phenoxy) is 2. The van der Waals surface area contributed by atoms with E-state index in [2.05, 4.69) is 6.07 Å². The lowest BCUT2D eigenvalue weighted by molar-refractivity contribution is 0.396. The molecule has 0 saturated heterocycles. The number of fused-ring (bicyclic) bond motifs is 1. The topological polar surface area (TPSA) is 60.1 Å². The maximum atomic E-state index is 8.97. The van der Waals surface area contributed by atoms with E-state index in [0.29, 0.717) is 24.5 Å². The molecule has 0 amide bonds. The average molecular weight is 307 g/mol. The van der Waals surface area contributed by atoms with Crippen molar-refractivity contribution < 1.29 is 9.47 Å². The minimum absolute atomic E-state index is 0.408. The average Bonchev–Trinajstić information content (AvgIpc) is 2.97. The van der Waals surface area contributed by atoms with Crippen LogP contribution >= 0.6 is 0 Å². The molecule has 0 fully saturated rings. The maximum Gasteiger partial charge on any atom is 0.148 e. The van der Waals surface area contributed by atoms with Gasteiger partial charge in [0.2, 0.25) is 0 Å². The second-order valence-electron chi connectivity index (χ2n) is 5.02. The highest BCUT2D eigenvalue weighted by Crippen LogP contribution is 2.39. The predicted octanol–water partition coefficient (Wildman–Crippen LogP) is 3.63. The quantitative estimate of drug-likeness (QED) is 0.722. The van der Waals surface area contributed by atoms with Crippen LogP contribution in [0.25, 0.3) is 22.4 Å². The van der Waals surface area contributed by atoms with Gasteiger partial charge in [0, 0.05) is 6.54 Å². The minimum Gasteiger partial charge on any atom is -0.496 e. The Kier molecular flexibility index (Phi) is 4.15. The molecule has 5 nitrogen and oxygen atoms in total. The highest BCUT2D eigenvalue weighted by Gasteiger charge is 2.20. The van der Waals surface area contributed by atoms with E-state index in [4.69, 9.17) is 19.7 Å². The molecule has 0 unspecified atom stereocenters. The fraction of sp³-hybridized carbons (Fsp3) is 0.222. The van der Waals surface area contributed by atoms with Gasteiger partial charge in [-0.2, -0.15) is 5.26 Å². The molecule has 2 aromatic carbocycles. The summed E-state index contributed by atoms with van der Waals surface area (Å²) in [6.07, 6.45) is 0.408. The molecule has 1 aromatic heterocycles. The molecule has 0 spiro atoms. The zero-order valence-electron chi connectivity index (χ0n) is 13.1. The Labute approximate surface area is 134 Å². The van der Waals surface area contributed by atoms with Crippen molar-refractivity contribution in [2.75, 3.05) is 14.2 Å². The number of benzene rings is 2. The third kappa shape index (κ3) is 2.59. The lowest BCUT2D eigenvalue weighted by atomic mass is 10.1. The van der Waals surface area contributed by atoms with Crippen molar-refractivity contribution in [3.8, 4) is 29.0 Å². The molecule has 0 aliphatic rings. The van der Waals surface area contributed by atoms with Crippen LogP contribution in [0, 0.1) is 11.3 Å². The zero-order valence-corrected chi connectivity index (χ0v) is 13.1. The Morgan fingerprint density at radius 2 is 1.74 bits per heavy atom. The molecule has 3 rings (SSSR count). The summed E-state index contributed by atoms with van der Waals surface area (Å²) < 4.78 is 13.0. The summed E-state index contributed by atoms with van der Waals surface area (Å²) in [5.74, 6) is 2.13. The Balaban J connectivity index is 2.30. The van der Waals surface area contributed by atoms with Crippen LogP contribution in [0.15, 0.2) is 42.5 Å². The molecule has 3 aromatic rings. The Hall–Kier alpha value is -3.00. The van der Waals surface area contributed by atoms with Crippen LogP contribution in [0.3, 0.4) is 0 Å². The summed E-state index contributed by atoms with van der Waals surface area (Å²) in [6.45, 7) is 0.563. The third-order valence-corrected chi connectivity index (χ3v) is 3.75. The van der Waals surface area contributed by atoms with Crippen molar-refractivity contribution in [1.29, 1.82) is 5.26 Å². The number of para-hydroxylation sites is 2. The van der Waals surface area contributed by atoms with E-state index in [-0.39, 0.29) is 0 Å². The second kappa shape index (κ2) is 6.41. The lowest BCUT2D eigenvalue weighted by Gasteiger charge is -2.14. The number of aryl methyl sites for hydroxylation is 1. The van der Waals surface area contributed by atoms with Crippen LogP contribution in [0.1, 0.15) is 6.42 Å². The minimum atomic E-state index is 0.408. The van der Waals surface area contributed by atoms with E-state index in [1.165, 1.54) is 0 Å². The molecular formula is C18H17N3O2. The number of methoxy groups -OCH3 is 2. The molecule has 1 heterocycles. The summed E-state index contributed by atoms with van der Waals surface area (Å²) in [4.78, 5) is 4.75. The van der Waals surface area contributed by atoms with Crippen molar-refractivity contribution in [3.05, 3.63) is 42.5 Å². The summed E-state index contributed by atoms with van der Waals surface area (Å²) >= 11 is 0. The van der Waals surface area contributed by atoms with E-state index < -0.39 is 0 Å². The number of hydrogen-bond acceptors (Lipinski definition) is 4. The Bertz CT molecular complexity index is 855. The van der Waals surface area contributed by atoms with Crippen LogP contribution in [0.5, 0.6) is 11.5 Å². The molecule has 0 radical (unpaired) electrons. The maximum absolute atomic E-state index is 8.97. The first-order chi connectivity index (χ1) is 11.3. The number of nitrogens with zero attached hydrogens (tertiary/aromatic N) is 3. The SMILES string of the molecule is COc1cccc(OC)c1-c1nc2ccccc2n1CCC#N. The van der Waals surface area contributed by atoms with Crippen molar-refractivity contribution in [1.82, 2.24) is 9.55 Å². The molecule has 23 heavy (non-hydrogen) atoms.